The maximum Gasteiger partial charge on any atom is 0.305 e. The van der Waals surface area contributed by atoms with Crippen molar-refractivity contribution in [2.75, 3.05) is 39.5 Å². The van der Waals surface area contributed by atoms with Gasteiger partial charge >= 0.3 is 5.97 Å². The van der Waals surface area contributed by atoms with Crippen LogP contribution in [0.3, 0.4) is 0 Å². The van der Waals surface area contributed by atoms with Gasteiger partial charge in [-0.3, -0.25) is 57.5 Å². The number of carboxylic acid groups (broad SMARTS) is 1. The van der Waals surface area contributed by atoms with Crippen LogP contribution in [0.2, 0.25) is 0 Å². The van der Waals surface area contributed by atoms with Gasteiger partial charge in [0.05, 0.1) is 32.7 Å². The number of carboxylic acids is 1. The normalized spacial score (nSPS) is 26.5. The monoisotopic (exact) mass is 1120 g/mol. The second-order valence-corrected chi connectivity index (χ2v) is 19.5. The highest BCUT2D eigenvalue weighted by Crippen LogP contribution is 2.22. The molecule has 0 saturated carbocycles. The summed E-state index contributed by atoms with van der Waals surface area (Å²) in [6.45, 7) is -3.26. The average Bonchev–Trinajstić information content (AvgIpc) is 4.17. The highest BCUT2D eigenvalue weighted by atomic mass is 16.4. The maximum absolute atomic E-state index is 14.4. The van der Waals surface area contributed by atoms with Crippen molar-refractivity contribution in [3.63, 3.8) is 0 Å². The first kappa shape index (κ1) is 62.6. The number of carbonyl (C=O) groups excluding carboxylic acids is 11. The lowest BCUT2D eigenvalue weighted by atomic mass is 10.0. The first-order valence-corrected chi connectivity index (χ1v) is 26.1. The third-order valence-electron chi connectivity index (χ3n) is 13.6. The Bertz CT molecular complexity index is 2580. The number of phenolic OH excluding ortho intramolecular Hbond substituents is 1. The number of fused-ring (bicyclic) bond motifs is 2. The van der Waals surface area contributed by atoms with E-state index in [1.807, 2.05) is 0 Å². The van der Waals surface area contributed by atoms with E-state index >= 15 is 0 Å². The summed E-state index contributed by atoms with van der Waals surface area (Å²) < 4.78 is 0. The molecule has 2 aromatic carbocycles. The van der Waals surface area contributed by atoms with Gasteiger partial charge < -0.3 is 89.3 Å². The Morgan fingerprint density at radius 3 is 1.35 bits per heavy atom. The molecule has 2 aromatic rings. The third-order valence-corrected chi connectivity index (χ3v) is 13.6. The molecule has 3 aliphatic heterocycles. The Labute approximate surface area is 458 Å². The number of phenols is 1. The Kier molecular flexibility index (Phi) is 23.6. The highest BCUT2D eigenvalue weighted by molar-refractivity contribution is 6.01. The molecule has 0 spiro atoms. The van der Waals surface area contributed by atoms with E-state index in [-0.39, 0.29) is 76.8 Å². The van der Waals surface area contributed by atoms with Crippen molar-refractivity contribution in [3.05, 3.63) is 65.7 Å². The summed E-state index contributed by atoms with van der Waals surface area (Å²) in [5.74, 6) is -13.6. The fraction of sp³-hybridized carbons (Fsp3) is 0.529. The van der Waals surface area contributed by atoms with Crippen molar-refractivity contribution in [1.82, 2.24) is 52.3 Å². The fourth-order valence-corrected chi connectivity index (χ4v) is 9.43. The number of nitrogens with one attached hydrogen (secondary N) is 8. The minimum absolute atomic E-state index is 0.00445. The number of aliphatic hydroxyl groups excluding tert-OH is 3. The maximum atomic E-state index is 14.4. The minimum atomic E-state index is -1.98. The molecule has 29 heteroatoms. The summed E-state index contributed by atoms with van der Waals surface area (Å²) in [6, 6.07) is -3.19. The number of aromatic hydroxyl groups is 1. The zero-order valence-electron chi connectivity index (χ0n) is 43.7. The summed E-state index contributed by atoms with van der Waals surface area (Å²) in [5, 5.41) is 70.0. The number of hydrogen-bond donors (Lipinski definition) is 15. The lowest BCUT2D eigenvalue weighted by Gasteiger charge is -2.31. The molecule has 3 fully saturated rings. The van der Waals surface area contributed by atoms with Gasteiger partial charge in [-0.05, 0) is 74.8 Å². The predicted octanol–water partition coefficient (Wildman–Crippen LogP) is -6.49. The molecule has 0 radical (unpaired) electrons. The molecule has 11 amide bonds. The van der Waals surface area contributed by atoms with E-state index in [4.69, 9.17) is 11.5 Å². The number of unbranched alkanes of at least 4 members (excludes halogenated alkanes) is 1. The molecule has 29 nitrogen and oxygen atoms in total. The lowest BCUT2D eigenvalue weighted by molar-refractivity contribution is -0.144. The second-order valence-electron chi connectivity index (χ2n) is 19.5. The van der Waals surface area contributed by atoms with Crippen LogP contribution in [-0.2, 0) is 70.4 Å². The van der Waals surface area contributed by atoms with Gasteiger partial charge in [0.2, 0.25) is 65.0 Å². The van der Waals surface area contributed by atoms with Crippen LogP contribution in [0.5, 0.6) is 5.75 Å². The molecule has 3 aliphatic rings. The molecule has 0 bridgehead atoms. The number of aliphatic carboxylic acids is 1. The SMILES string of the molecule is NCCCCC1NC(=O)C(CC(N)=O)NC(=O)C(CO)NC(=O)C(Cc2ccc(O)cc2)NC(=O)C2CCCN2C(=O)C(CO)NC(=O)C(Cc2ccccc2)NC(=O)C(CC(=O)O)NC(=O)C(CO)NC(=O)C2CCCN2C1=O. The van der Waals surface area contributed by atoms with Gasteiger partial charge in [0.1, 0.15) is 66.2 Å². The molecule has 17 N–H and O–H groups in total. The highest BCUT2D eigenvalue weighted by Gasteiger charge is 2.43. The van der Waals surface area contributed by atoms with Crippen LogP contribution in [0, 0.1) is 0 Å². The topological polar surface area (TPSA) is 461 Å². The molecule has 80 heavy (non-hydrogen) atoms. The van der Waals surface area contributed by atoms with Gasteiger partial charge in [0, 0.05) is 25.9 Å². The molecular formula is C51H70N12O17. The molecular weight excluding hydrogens is 1050 g/mol. The van der Waals surface area contributed by atoms with E-state index in [2.05, 4.69) is 42.5 Å². The first-order chi connectivity index (χ1) is 38.2. The van der Waals surface area contributed by atoms with Crippen LogP contribution in [0.25, 0.3) is 0 Å². The lowest BCUT2D eigenvalue weighted by Crippen LogP contribution is -2.62. The van der Waals surface area contributed by atoms with Gasteiger partial charge in [-0.25, -0.2) is 0 Å². The van der Waals surface area contributed by atoms with E-state index in [1.165, 1.54) is 24.3 Å². The molecule has 0 aromatic heterocycles. The summed E-state index contributed by atoms with van der Waals surface area (Å²) in [4.78, 5) is 167. The molecule has 436 valence electrons. The van der Waals surface area contributed by atoms with E-state index in [0.717, 1.165) is 9.80 Å². The van der Waals surface area contributed by atoms with E-state index in [0.29, 0.717) is 17.5 Å². The minimum Gasteiger partial charge on any atom is -0.508 e. The van der Waals surface area contributed by atoms with Gasteiger partial charge in [-0.1, -0.05) is 42.5 Å². The number of aliphatic hydroxyl groups is 3. The summed E-state index contributed by atoms with van der Waals surface area (Å²) in [6.07, 6.45) is -1.63. The van der Waals surface area contributed by atoms with Gasteiger partial charge in [0.15, 0.2) is 0 Å². The van der Waals surface area contributed by atoms with Crippen molar-refractivity contribution < 1.29 is 83.1 Å². The number of nitrogens with zero attached hydrogens (tertiary/aromatic N) is 2. The van der Waals surface area contributed by atoms with Crippen LogP contribution >= 0.6 is 0 Å². The number of hydrogen-bond acceptors (Lipinski definition) is 17. The van der Waals surface area contributed by atoms with Crippen molar-refractivity contribution in [2.45, 2.75) is 131 Å². The Morgan fingerprint density at radius 1 is 0.487 bits per heavy atom. The zero-order valence-corrected chi connectivity index (χ0v) is 43.7. The Balaban J connectivity index is 1.55. The van der Waals surface area contributed by atoms with Crippen molar-refractivity contribution in [2.24, 2.45) is 11.5 Å². The summed E-state index contributed by atoms with van der Waals surface area (Å²) in [7, 11) is 0. The summed E-state index contributed by atoms with van der Waals surface area (Å²) >= 11 is 0. The van der Waals surface area contributed by atoms with Crippen molar-refractivity contribution in [1.29, 1.82) is 0 Å². The number of carbonyl (C=O) groups is 12. The molecule has 5 rings (SSSR count). The average molecular weight is 1120 g/mol. The van der Waals surface area contributed by atoms with Gasteiger partial charge in [-0.2, -0.15) is 0 Å². The quantitative estimate of drug-likeness (QED) is 0.0738. The van der Waals surface area contributed by atoms with E-state index < -0.39 is 164 Å². The number of amides is 11. The molecule has 10 atom stereocenters. The Morgan fingerprint density at radius 2 is 0.875 bits per heavy atom. The van der Waals surface area contributed by atoms with Crippen LogP contribution in [0.1, 0.15) is 68.9 Å². The van der Waals surface area contributed by atoms with Crippen LogP contribution in [0.15, 0.2) is 54.6 Å². The number of primary amides is 1. The standard InChI is InChI=1S/C51H70N12O17/c52-17-5-4-10-30-50(79)62-18-6-12-39(62)49(78)60-36(25-65)47(76)57-34(23-41(69)70)45(74)55-31(20-27-8-2-1-3-9-27)43(72)61-37(26-66)51(80)63-19-7-11-38(63)48(77)58-32(21-28-13-15-29(67)16-14-28)42(71)59-35(24-64)46(75)56-33(22-40(53)68)44(73)54-30/h1-3,8-9,13-16,30-39,64-67H,4-7,10-12,17-26,52H2,(H2,53,68)(H,54,73)(H,55,74)(H,56,75)(H,57,76)(H,58,77)(H,59,71)(H,60,78)(H,61,72)(H,69,70). The molecule has 10 unspecified atom stereocenters. The number of nitrogens with two attached hydrogens (primary N) is 2. The van der Waals surface area contributed by atoms with Crippen LogP contribution in [-0.4, -0.2) is 206 Å². The zero-order chi connectivity index (χ0) is 58.6. The van der Waals surface area contributed by atoms with E-state index in [1.54, 1.807) is 30.3 Å². The first-order valence-electron chi connectivity index (χ1n) is 26.1. The van der Waals surface area contributed by atoms with Crippen molar-refractivity contribution in [3.8, 4) is 5.75 Å². The fourth-order valence-electron chi connectivity index (χ4n) is 9.43. The molecule has 0 aliphatic carbocycles. The van der Waals surface area contributed by atoms with E-state index in [9.17, 15) is 83.1 Å². The largest absolute Gasteiger partial charge is 0.508 e. The second kappa shape index (κ2) is 30.2. The molecule has 3 saturated heterocycles. The third kappa shape index (κ3) is 17.6. The van der Waals surface area contributed by atoms with Gasteiger partial charge in [-0.15, -0.1) is 0 Å². The smallest absolute Gasteiger partial charge is 0.305 e. The van der Waals surface area contributed by atoms with Crippen LogP contribution in [0.4, 0.5) is 0 Å². The van der Waals surface area contributed by atoms with Crippen LogP contribution < -0.4 is 54.0 Å². The summed E-state index contributed by atoms with van der Waals surface area (Å²) in [5.41, 5.74) is 12.0. The molecule has 3 heterocycles. The Hall–Kier alpha value is -8.28. The van der Waals surface area contributed by atoms with Crippen molar-refractivity contribution >= 4 is 70.9 Å². The number of benzene rings is 2. The number of rotatable bonds is 15. The van der Waals surface area contributed by atoms with Gasteiger partial charge in [0.25, 0.3) is 0 Å². The predicted molar refractivity (Wildman–Crippen MR) is 277 cm³/mol.